The summed E-state index contributed by atoms with van der Waals surface area (Å²) in [5.74, 6) is -2.92. The van der Waals surface area contributed by atoms with Crippen LogP contribution in [0.15, 0.2) is 27.6 Å². The van der Waals surface area contributed by atoms with Crippen molar-refractivity contribution < 1.29 is 19.1 Å². The van der Waals surface area contributed by atoms with Crippen molar-refractivity contribution in [1.29, 1.82) is 0 Å². The van der Waals surface area contributed by atoms with Crippen molar-refractivity contribution >= 4 is 28.5 Å². The molecule has 0 saturated heterocycles. The van der Waals surface area contributed by atoms with Gasteiger partial charge in [0.25, 0.3) is 0 Å². The van der Waals surface area contributed by atoms with Crippen LogP contribution in [-0.4, -0.2) is 17.0 Å². The molecule has 2 aromatic rings. The van der Waals surface area contributed by atoms with E-state index in [-0.39, 0.29) is 5.69 Å². The zero-order chi connectivity index (χ0) is 14.3. The summed E-state index contributed by atoms with van der Waals surface area (Å²) in [6.07, 6.45) is 4.00. The highest BCUT2D eigenvalue weighted by atomic mass is 16.4. The van der Waals surface area contributed by atoms with Crippen LogP contribution in [0.2, 0.25) is 0 Å². The van der Waals surface area contributed by atoms with E-state index in [2.05, 4.69) is 0 Å². The molecule has 0 bridgehead atoms. The number of nitrogens with one attached hydrogen (secondary N) is 1. The van der Waals surface area contributed by atoms with Crippen molar-refractivity contribution in [2.24, 2.45) is 0 Å². The minimum Gasteiger partial charge on any atom is -0.474 e. The van der Waals surface area contributed by atoms with E-state index in [1.807, 2.05) is 11.4 Å². The van der Waals surface area contributed by atoms with Crippen LogP contribution >= 0.6 is 0 Å². The normalized spacial score (nSPS) is 13.2. The second-order valence-corrected chi connectivity index (χ2v) is 4.71. The third-order valence-electron chi connectivity index (χ3n) is 3.43. The van der Waals surface area contributed by atoms with Crippen molar-refractivity contribution in [3.63, 3.8) is 0 Å². The predicted molar refractivity (Wildman–Crippen MR) is 70.8 cm³/mol. The lowest BCUT2D eigenvalue weighted by Crippen LogP contribution is -2.25. The maximum atomic E-state index is 12.2. The molecule has 1 aromatic carbocycles. The van der Waals surface area contributed by atoms with Gasteiger partial charge in [0.05, 0.1) is 5.39 Å². The Balaban J connectivity index is 2.11. The monoisotopic (exact) mass is 273 g/mol. The number of carbonyl (C=O) groups excluding carboxylic acids is 1. The smallest absolute Gasteiger partial charge is 0.394 e. The van der Waals surface area contributed by atoms with E-state index >= 15 is 0 Å². The van der Waals surface area contributed by atoms with E-state index < -0.39 is 17.3 Å². The number of hydrogen-bond donors (Lipinski definition) is 2. The van der Waals surface area contributed by atoms with Crippen LogP contribution in [-0.2, 0) is 22.4 Å². The molecule has 1 heterocycles. The van der Waals surface area contributed by atoms with E-state index in [1.165, 1.54) is 5.56 Å². The fraction of sp³-hybridized carbons (Fsp3) is 0.214. The fourth-order valence-electron chi connectivity index (χ4n) is 2.46. The third kappa shape index (κ3) is 1.95. The quantitative estimate of drug-likeness (QED) is 0.763. The van der Waals surface area contributed by atoms with Crippen LogP contribution in [0, 0.1) is 0 Å². The Hall–Kier alpha value is -2.63. The summed E-state index contributed by atoms with van der Waals surface area (Å²) in [6, 6.07) is 3.60. The molecule has 3 rings (SSSR count). The summed E-state index contributed by atoms with van der Waals surface area (Å²) in [5.41, 5.74) is 2.12. The Morgan fingerprint density at radius 2 is 1.90 bits per heavy atom. The van der Waals surface area contributed by atoms with Gasteiger partial charge in [0.15, 0.2) is 0 Å². The largest absolute Gasteiger partial charge is 0.474 e. The highest BCUT2D eigenvalue weighted by Gasteiger charge is 2.18. The molecule has 20 heavy (non-hydrogen) atoms. The van der Waals surface area contributed by atoms with Gasteiger partial charge in [-0.25, -0.2) is 4.79 Å². The van der Waals surface area contributed by atoms with Gasteiger partial charge in [-0.2, -0.15) is 0 Å². The minimum absolute atomic E-state index is 0.164. The topological polar surface area (TPSA) is 96.6 Å². The van der Waals surface area contributed by atoms with Crippen molar-refractivity contribution in [3.8, 4) is 0 Å². The first-order valence-electron chi connectivity index (χ1n) is 6.18. The van der Waals surface area contributed by atoms with Crippen molar-refractivity contribution in [1.82, 2.24) is 0 Å². The summed E-state index contributed by atoms with van der Waals surface area (Å²) >= 11 is 0. The Morgan fingerprint density at radius 3 is 2.60 bits per heavy atom. The van der Waals surface area contributed by atoms with Crippen LogP contribution in [0.4, 0.5) is 5.69 Å². The van der Waals surface area contributed by atoms with Gasteiger partial charge in [-0.05, 0) is 42.5 Å². The third-order valence-corrected chi connectivity index (χ3v) is 3.43. The second-order valence-electron chi connectivity index (χ2n) is 4.71. The molecule has 1 amide bonds. The van der Waals surface area contributed by atoms with Gasteiger partial charge < -0.3 is 14.8 Å². The number of benzene rings is 1. The predicted octanol–water partition coefficient (Wildman–Crippen LogP) is 1.30. The van der Waals surface area contributed by atoms with Gasteiger partial charge in [-0.15, -0.1) is 0 Å². The first kappa shape index (κ1) is 12.4. The highest BCUT2D eigenvalue weighted by molar-refractivity contribution is 6.36. The molecule has 0 unspecified atom stereocenters. The van der Waals surface area contributed by atoms with Crippen molar-refractivity contribution in [2.45, 2.75) is 19.3 Å². The summed E-state index contributed by atoms with van der Waals surface area (Å²) < 4.78 is 5.32. The lowest BCUT2D eigenvalue weighted by molar-refractivity contribution is -0.147. The molecule has 102 valence electrons. The molecule has 0 fully saturated rings. The second kappa shape index (κ2) is 4.48. The molecule has 1 aliphatic carbocycles. The summed E-state index contributed by atoms with van der Waals surface area (Å²) in [6.45, 7) is 0. The lowest BCUT2D eigenvalue weighted by Gasteiger charge is -2.05. The molecular formula is C14H11NO5. The maximum absolute atomic E-state index is 12.2. The van der Waals surface area contributed by atoms with Crippen LogP contribution in [0.5, 0.6) is 0 Å². The van der Waals surface area contributed by atoms with Gasteiger partial charge in [-0.1, -0.05) is 0 Å². The van der Waals surface area contributed by atoms with E-state index in [0.29, 0.717) is 11.0 Å². The van der Waals surface area contributed by atoms with Gasteiger partial charge in [-0.3, -0.25) is 9.59 Å². The molecule has 0 aliphatic heterocycles. The number of carboxylic acids is 1. The van der Waals surface area contributed by atoms with Gasteiger partial charge in [0.2, 0.25) is 5.43 Å². The van der Waals surface area contributed by atoms with E-state index in [1.54, 1.807) is 6.07 Å². The average Bonchev–Trinajstić information content (AvgIpc) is 2.87. The molecule has 1 aliphatic rings. The summed E-state index contributed by atoms with van der Waals surface area (Å²) in [4.78, 5) is 33.8. The van der Waals surface area contributed by atoms with Crippen LogP contribution in [0.25, 0.3) is 11.0 Å². The van der Waals surface area contributed by atoms with Gasteiger partial charge >= 0.3 is 11.9 Å². The molecule has 6 nitrogen and oxygen atoms in total. The van der Waals surface area contributed by atoms with Crippen LogP contribution in [0.1, 0.15) is 17.5 Å². The minimum atomic E-state index is -1.65. The van der Waals surface area contributed by atoms with E-state index in [0.717, 1.165) is 31.1 Å². The molecule has 1 aromatic heterocycles. The summed E-state index contributed by atoms with van der Waals surface area (Å²) in [5, 5.41) is 10.9. The Kier molecular flexibility index (Phi) is 2.78. The molecule has 2 N–H and O–H groups in total. The van der Waals surface area contributed by atoms with Crippen molar-refractivity contribution in [2.75, 3.05) is 5.32 Å². The first-order chi connectivity index (χ1) is 9.56. The Bertz CT molecular complexity index is 790. The fourth-order valence-corrected chi connectivity index (χ4v) is 2.46. The molecular weight excluding hydrogens is 262 g/mol. The molecule has 0 saturated carbocycles. The maximum Gasteiger partial charge on any atom is 0.394 e. The summed E-state index contributed by atoms with van der Waals surface area (Å²) in [7, 11) is 0. The van der Waals surface area contributed by atoms with Crippen LogP contribution < -0.4 is 10.7 Å². The lowest BCUT2D eigenvalue weighted by atomic mass is 10.1. The van der Waals surface area contributed by atoms with E-state index in [4.69, 9.17) is 9.52 Å². The Labute approximate surface area is 113 Å². The number of rotatable bonds is 1. The molecule has 6 heteroatoms. The standard InChI is InChI=1S/C14H11NO5/c16-12-9-4-7-2-1-3-8(7)5-11(9)20-6-10(12)15-13(17)14(18)19/h4-6H,1-3H2,(H,15,17)(H,18,19). The number of aliphatic carboxylic acids is 1. The first-order valence-corrected chi connectivity index (χ1v) is 6.18. The molecule has 0 atom stereocenters. The number of anilines is 1. The highest BCUT2D eigenvalue weighted by Crippen LogP contribution is 2.26. The van der Waals surface area contributed by atoms with Crippen molar-refractivity contribution in [3.05, 3.63) is 39.7 Å². The SMILES string of the molecule is O=C(O)C(=O)Nc1coc2cc3c(cc2c1=O)CCC3. The zero-order valence-corrected chi connectivity index (χ0v) is 10.4. The van der Waals surface area contributed by atoms with E-state index in [9.17, 15) is 14.4 Å². The molecule has 0 spiro atoms. The zero-order valence-electron chi connectivity index (χ0n) is 10.4. The van der Waals surface area contributed by atoms with Gasteiger partial charge in [0.1, 0.15) is 17.5 Å². The van der Waals surface area contributed by atoms with Crippen LogP contribution in [0.3, 0.4) is 0 Å². The Morgan fingerprint density at radius 1 is 1.20 bits per heavy atom. The number of carbonyl (C=O) groups is 2. The number of aryl methyl sites for hydroxylation is 2. The number of fused-ring (bicyclic) bond motifs is 2. The average molecular weight is 273 g/mol. The number of amides is 1. The number of carboxylic acid groups (broad SMARTS) is 1. The number of hydrogen-bond acceptors (Lipinski definition) is 4. The van der Waals surface area contributed by atoms with Gasteiger partial charge in [0, 0.05) is 0 Å². The molecule has 0 radical (unpaired) electrons.